The van der Waals surface area contributed by atoms with E-state index in [0.717, 1.165) is 29.6 Å². The average Bonchev–Trinajstić information content (AvgIpc) is 2.57. The molecule has 0 radical (unpaired) electrons. The maximum atomic E-state index is 12.1. The Morgan fingerprint density at radius 3 is 2.54 bits per heavy atom. The summed E-state index contributed by atoms with van der Waals surface area (Å²) in [5, 5.41) is 0. The molecule has 2 aromatic rings. The monoisotopic (exact) mass is 327 g/mol. The maximum absolute atomic E-state index is 12.1. The number of nitrogens with zero attached hydrogens (tertiary/aromatic N) is 3. The molecule has 0 bridgehead atoms. The van der Waals surface area contributed by atoms with Crippen LogP contribution in [-0.2, 0) is 27.1 Å². The molecule has 1 aromatic heterocycles. The summed E-state index contributed by atoms with van der Waals surface area (Å²) in [6.45, 7) is 5.93. The van der Waals surface area contributed by atoms with Gasteiger partial charge in [0.05, 0.1) is 6.54 Å². The highest BCUT2D eigenvalue weighted by Gasteiger charge is 2.19. The van der Waals surface area contributed by atoms with Crippen LogP contribution in [0.2, 0.25) is 0 Å². The van der Waals surface area contributed by atoms with E-state index in [1.807, 2.05) is 0 Å². The van der Waals surface area contributed by atoms with Crippen LogP contribution in [0.15, 0.2) is 33.9 Å². The second kappa shape index (κ2) is 6.30. The molecule has 1 aliphatic rings. The first-order valence-electron chi connectivity index (χ1n) is 8.52. The van der Waals surface area contributed by atoms with Gasteiger partial charge in [0.1, 0.15) is 0 Å². The fraction of sp³-hybridized carbons (Fsp3) is 0.474. The molecular weight excluding hydrogens is 302 g/mol. The minimum Gasteiger partial charge on any atom is -0.365 e. The van der Waals surface area contributed by atoms with Crippen molar-refractivity contribution in [2.24, 2.45) is 14.1 Å². The molecule has 5 heteroatoms. The van der Waals surface area contributed by atoms with Gasteiger partial charge in [0.15, 0.2) is 0 Å². The highest BCUT2D eigenvalue weighted by atomic mass is 16.2. The fourth-order valence-corrected chi connectivity index (χ4v) is 3.34. The van der Waals surface area contributed by atoms with Crippen molar-refractivity contribution in [1.82, 2.24) is 9.13 Å². The molecule has 0 unspecified atom stereocenters. The van der Waals surface area contributed by atoms with Gasteiger partial charge in [0.2, 0.25) is 0 Å². The van der Waals surface area contributed by atoms with E-state index in [1.54, 1.807) is 17.7 Å². The van der Waals surface area contributed by atoms with Crippen LogP contribution in [0.25, 0.3) is 0 Å². The van der Waals surface area contributed by atoms with E-state index in [2.05, 4.69) is 36.9 Å². The quantitative estimate of drug-likeness (QED) is 0.868. The van der Waals surface area contributed by atoms with Crippen LogP contribution < -0.4 is 16.1 Å². The summed E-state index contributed by atoms with van der Waals surface area (Å²) in [4.78, 5) is 26.4. The third kappa shape index (κ3) is 2.90. The second-order valence-electron chi connectivity index (χ2n) is 6.94. The van der Waals surface area contributed by atoms with Crippen LogP contribution in [0, 0.1) is 0 Å². The highest BCUT2D eigenvalue weighted by Crippen LogP contribution is 2.31. The topological polar surface area (TPSA) is 47.2 Å². The van der Waals surface area contributed by atoms with Crippen molar-refractivity contribution in [2.45, 2.75) is 39.2 Å². The van der Waals surface area contributed by atoms with Gasteiger partial charge in [0.25, 0.3) is 5.56 Å². The molecular formula is C19H25N3O2. The lowest BCUT2D eigenvalue weighted by Gasteiger charge is -2.32. The molecule has 1 aliphatic heterocycles. The summed E-state index contributed by atoms with van der Waals surface area (Å²) in [7, 11) is 3.24. The lowest BCUT2D eigenvalue weighted by atomic mass is 9.94. The molecule has 24 heavy (non-hydrogen) atoms. The number of hydrogen-bond acceptors (Lipinski definition) is 3. The Balaban J connectivity index is 1.97. The molecule has 0 saturated heterocycles. The third-order valence-corrected chi connectivity index (χ3v) is 4.96. The van der Waals surface area contributed by atoms with E-state index in [9.17, 15) is 9.59 Å². The van der Waals surface area contributed by atoms with Gasteiger partial charge in [-0.2, -0.15) is 0 Å². The lowest BCUT2D eigenvalue weighted by Crippen LogP contribution is -2.40. The van der Waals surface area contributed by atoms with Gasteiger partial charge >= 0.3 is 5.69 Å². The molecule has 5 nitrogen and oxygen atoms in total. The maximum Gasteiger partial charge on any atom is 0.330 e. The molecule has 1 aromatic carbocycles. The van der Waals surface area contributed by atoms with Crippen LogP contribution in [0.3, 0.4) is 0 Å². The highest BCUT2D eigenvalue weighted by molar-refractivity contribution is 5.57. The number of anilines is 1. The van der Waals surface area contributed by atoms with E-state index < -0.39 is 0 Å². The Morgan fingerprint density at radius 2 is 1.83 bits per heavy atom. The fourth-order valence-electron chi connectivity index (χ4n) is 3.34. The molecule has 0 fully saturated rings. The summed E-state index contributed by atoms with van der Waals surface area (Å²) in [6.07, 6.45) is 2.18. The summed E-state index contributed by atoms with van der Waals surface area (Å²) < 4.78 is 2.71. The number of rotatable bonds is 3. The third-order valence-electron chi connectivity index (χ3n) is 4.96. The first-order chi connectivity index (χ1) is 11.4. The molecule has 128 valence electrons. The standard InChI is InChI=1S/C19H25N3O2/c1-13(2)14-7-8-17-15(10-14)6-5-9-22(17)12-16-11-18(23)21(4)19(24)20(16)3/h7-8,10-11,13H,5-6,9,12H2,1-4H3. The Hall–Kier alpha value is -2.30. The lowest BCUT2D eigenvalue weighted by molar-refractivity contribution is 0.617. The first kappa shape index (κ1) is 16.6. The first-order valence-corrected chi connectivity index (χ1v) is 8.52. The zero-order valence-corrected chi connectivity index (χ0v) is 14.9. The van der Waals surface area contributed by atoms with Gasteiger partial charge in [-0.15, -0.1) is 0 Å². The van der Waals surface area contributed by atoms with Gasteiger partial charge < -0.3 is 4.90 Å². The predicted molar refractivity (Wildman–Crippen MR) is 96.8 cm³/mol. The normalized spacial score (nSPS) is 14.1. The largest absolute Gasteiger partial charge is 0.365 e. The average molecular weight is 327 g/mol. The van der Waals surface area contributed by atoms with E-state index in [0.29, 0.717) is 12.5 Å². The van der Waals surface area contributed by atoms with Crippen LogP contribution >= 0.6 is 0 Å². The van der Waals surface area contributed by atoms with Crippen molar-refractivity contribution >= 4 is 5.69 Å². The van der Waals surface area contributed by atoms with E-state index in [1.165, 1.54) is 23.9 Å². The summed E-state index contributed by atoms with van der Waals surface area (Å²) in [5.41, 5.74) is 4.17. The van der Waals surface area contributed by atoms with Crippen molar-refractivity contribution in [1.29, 1.82) is 0 Å². The second-order valence-corrected chi connectivity index (χ2v) is 6.94. The van der Waals surface area contributed by atoms with Gasteiger partial charge in [-0.1, -0.05) is 26.0 Å². The van der Waals surface area contributed by atoms with E-state index in [4.69, 9.17) is 0 Å². The minimum atomic E-state index is -0.273. The van der Waals surface area contributed by atoms with Crippen LogP contribution in [0.1, 0.15) is 43.0 Å². The molecule has 0 atom stereocenters. The number of aromatic nitrogens is 2. The van der Waals surface area contributed by atoms with Gasteiger partial charge in [-0.3, -0.25) is 13.9 Å². The number of hydrogen-bond donors (Lipinski definition) is 0. The molecule has 0 aliphatic carbocycles. The van der Waals surface area contributed by atoms with Crippen LogP contribution in [0.5, 0.6) is 0 Å². The molecule has 3 rings (SSSR count). The Bertz CT molecular complexity index is 877. The Kier molecular flexibility index (Phi) is 4.35. The summed E-state index contributed by atoms with van der Waals surface area (Å²) in [5.74, 6) is 0.517. The van der Waals surface area contributed by atoms with E-state index >= 15 is 0 Å². The van der Waals surface area contributed by atoms with Gasteiger partial charge in [-0.05, 0) is 36.0 Å². The molecule has 0 saturated carbocycles. The SMILES string of the molecule is CC(C)c1ccc2c(c1)CCCN2Cc1cc(=O)n(C)c(=O)n1C. The minimum absolute atomic E-state index is 0.250. The van der Waals surface area contributed by atoms with Crippen molar-refractivity contribution in [3.63, 3.8) is 0 Å². The molecule has 0 spiro atoms. The van der Waals surface area contributed by atoms with Crippen LogP contribution in [-0.4, -0.2) is 15.7 Å². The summed E-state index contributed by atoms with van der Waals surface area (Å²) in [6, 6.07) is 8.24. The molecule has 2 heterocycles. The summed E-state index contributed by atoms with van der Waals surface area (Å²) >= 11 is 0. The zero-order valence-electron chi connectivity index (χ0n) is 14.9. The van der Waals surface area contributed by atoms with Crippen molar-refractivity contribution in [3.05, 3.63) is 61.9 Å². The molecule has 0 N–H and O–H groups in total. The number of fused-ring (bicyclic) bond motifs is 1. The van der Waals surface area contributed by atoms with Crippen molar-refractivity contribution in [3.8, 4) is 0 Å². The van der Waals surface area contributed by atoms with Crippen molar-refractivity contribution < 1.29 is 0 Å². The smallest absolute Gasteiger partial charge is 0.330 e. The van der Waals surface area contributed by atoms with Crippen molar-refractivity contribution in [2.75, 3.05) is 11.4 Å². The predicted octanol–water partition coefficient (Wildman–Crippen LogP) is 2.16. The number of benzene rings is 1. The number of aryl methyl sites for hydroxylation is 1. The molecule has 0 amide bonds. The Labute approximate surface area is 142 Å². The van der Waals surface area contributed by atoms with E-state index in [-0.39, 0.29) is 11.2 Å². The Morgan fingerprint density at radius 1 is 1.08 bits per heavy atom. The van der Waals surface area contributed by atoms with Crippen LogP contribution in [0.4, 0.5) is 5.69 Å². The zero-order chi connectivity index (χ0) is 17.4. The van der Waals surface area contributed by atoms with Gasteiger partial charge in [0, 0.05) is 38.1 Å². The van der Waals surface area contributed by atoms with Gasteiger partial charge in [-0.25, -0.2) is 4.79 Å².